The molecule has 7 nitrogen and oxygen atoms in total. The Kier molecular flexibility index (Phi) is 5.46. The lowest BCUT2D eigenvalue weighted by atomic mass is 10.2. The van der Waals surface area contributed by atoms with Crippen molar-refractivity contribution >= 4 is 29.2 Å². The van der Waals surface area contributed by atoms with Gasteiger partial charge in [0.15, 0.2) is 5.57 Å². The molecular formula is C20H18ClNO6. The van der Waals surface area contributed by atoms with Crippen molar-refractivity contribution in [1.82, 2.24) is 0 Å². The minimum absolute atomic E-state index is 0.242. The van der Waals surface area contributed by atoms with Gasteiger partial charge in [-0.05, 0) is 42.5 Å². The molecule has 8 heteroatoms. The first-order chi connectivity index (χ1) is 13.3. The number of halogens is 1. The number of anilines is 1. The molecule has 0 saturated carbocycles. The third-order valence-electron chi connectivity index (χ3n) is 3.72. The molecule has 0 bridgehead atoms. The molecule has 0 spiro atoms. The first-order valence-electron chi connectivity index (χ1n) is 8.32. The number of methoxy groups -OCH3 is 1. The van der Waals surface area contributed by atoms with E-state index in [1.165, 1.54) is 20.0 Å². The smallest absolute Gasteiger partial charge is 0.350 e. The summed E-state index contributed by atoms with van der Waals surface area (Å²) in [6.07, 6.45) is 1.22. The molecule has 2 aromatic carbocycles. The van der Waals surface area contributed by atoms with Crippen LogP contribution in [0, 0.1) is 0 Å². The van der Waals surface area contributed by atoms with Crippen LogP contribution in [0.25, 0.3) is 0 Å². The van der Waals surface area contributed by atoms with Gasteiger partial charge in [-0.25, -0.2) is 9.59 Å². The molecule has 1 N–H and O–H groups in total. The van der Waals surface area contributed by atoms with Crippen molar-refractivity contribution in [2.45, 2.75) is 19.6 Å². The van der Waals surface area contributed by atoms with Gasteiger partial charge in [0.1, 0.15) is 17.2 Å². The van der Waals surface area contributed by atoms with E-state index in [0.29, 0.717) is 28.0 Å². The number of nitrogens with one attached hydrogen (secondary N) is 1. The summed E-state index contributed by atoms with van der Waals surface area (Å²) >= 11 is 6.26. The van der Waals surface area contributed by atoms with E-state index in [4.69, 9.17) is 30.5 Å². The van der Waals surface area contributed by atoms with Crippen molar-refractivity contribution in [1.29, 1.82) is 0 Å². The summed E-state index contributed by atoms with van der Waals surface area (Å²) in [5.74, 6) is -1.05. The molecule has 0 unspecified atom stereocenters. The number of hydrogen-bond donors (Lipinski definition) is 1. The summed E-state index contributed by atoms with van der Waals surface area (Å²) in [5, 5.41) is 3.17. The van der Waals surface area contributed by atoms with Crippen molar-refractivity contribution < 1.29 is 28.5 Å². The molecule has 1 aliphatic heterocycles. The summed E-state index contributed by atoms with van der Waals surface area (Å²) in [4.78, 5) is 23.9. The summed E-state index contributed by atoms with van der Waals surface area (Å²) in [5.41, 5.74) is 0.305. The average molecular weight is 404 g/mol. The Morgan fingerprint density at radius 3 is 2.18 bits per heavy atom. The van der Waals surface area contributed by atoms with E-state index in [-0.39, 0.29) is 5.57 Å². The summed E-state index contributed by atoms with van der Waals surface area (Å²) in [6, 6.07) is 12.0. The standard InChI is InChI=1S/C20H18ClNO6/c1-20(2)27-18(23)15(19(24)28-20)11-22-12-4-9-17(16(21)10-12)26-14-7-5-13(25-3)6-8-14/h4-11,22H,1-3H3. The zero-order chi connectivity index (χ0) is 20.3. The van der Waals surface area contributed by atoms with Gasteiger partial charge in [0.2, 0.25) is 0 Å². The molecule has 0 amide bonds. The summed E-state index contributed by atoms with van der Waals surface area (Å²) < 4.78 is 20.9. The van der Waals surface area contributed by atoms with Gasteiger partial charge >= 0.3 is 11.9 Å². The Morgan fingerprint density at radius 2 is 1.61 bits per heavy atom. The fraction of sp³-hybridized carbons (Fsp3) is 0.200. The van der Waals surface area contributed by atoms with E-state index in [2.05, 4.69) is 5.32 Å². The minimum Gasteiger partial charge on any atom is -0.497 e. The third-order valence-corrected chi connectivity index (χ3v) is 4.01. The van der Waals surface area contributed by atoms with Crippen LogP contribution in [0.4, 0.5) is 5.69 Å². The van der Waals surface area contributed by atoms with Gasteiger partial charge in [0, 0.05) is 25.7 Å². The second-order valence-corrected chi connectivity index (χ2v) is 6.71. The second kappa shape index (κ2) is 7.82. The summed E-state index contributed by atoms with van der Waals surface area (Å²) in [7, 11) is 1.58. The van der Waals surface area contributed by atoms with Crippen LogP contribution in [0.15, 0.2) is 54.2 Å². The highest BCUT2D eigenvalue weighted by Crippen LogP contribution is 2.32. The van der Waals surface area contributed by atoms with E-state index >= 15 is 0 Å². The zero-order valence-electron chi connectivity index (χ0n) is 15.4. The van der Waals surface area contributed by atoms with Gasteiger partial charge in [-0.1, -0.05) is 11.6 Å². The number of ether oxygens (including phenoxy) is 4. The van der Waals surface area contributed by atoms with Crippen molar-refractivity contribution in [3.05, 3.63) is 59.3 Å². The van der Waals surface area contributed by atoms with Crippen molar-refractivity contribution in [2.75, 3.05) is 12.4 Å². The van der Waals surface area contributed by atoms with Gasteiger partial charge in [0.05, 0.1) is 12.1 Å². The van der Waals surface area contributed by atoms with Crippen LogP contribution in [0.3, 0.4) is 0 Å². The second-order valence-electron chi connectivity index (χ2n) is 6.30. The van der Waals surface area contributed by atoms with E-state index in [1.807, 2.05) is 0 Å². The Bertz CT molecular complexity index is 914. The van der Waals surface area contributed by atoms with Crippen LogP contribution >= 0.6 is 11.6 Å². The Labute approximate surface area is 166 Å². The maximum absolute atomic E-state index is 11.9. The zero-order valence-corrected chi connectivity index (χ0v) is 16.2. The number of rotatable bonds is 5. The van der Waals surface area contributed by atoms with Crippen LogP contribution in [-0.2, 0) is 19.1 Å². The monoisotopic (exact) mass is 403 g/mol. The average Bonchev–Trinajstić information content (AvgIpc) is 2.63. The van der Waals surface area contributed by atoms with E-state index in [1.54, 1.807) is 49.6 Å². The van der Waals surface area contributed by atoms with Crippen LogP contribution in [0.1, 0.15) is 13.8 Å². The van der Waals surface area contributed by atoms with Crippen LogP contribution in [0.5, 0.6) is 17.2 Å². The van der Waals surface area contributed by atoms with Crippen molar-refractivity contribution in [3.63, 3.8) is 0 Å². The fourth-order valence-corrected chi connectivity index (χ4v) is 2.60. The number of benzene rings is 2. The van der Waals surface area contributed by atoms with Crippen LogP contribution in [-0.4, -0.2) is 24.8 Å². The quantitative estimate of drug-likeness (QED) is 0.453. The highest BCUT2D eigenvalue weighted by molar-refractivity contribution is 6.32. The highest BCUT2D eigenvalue weighted by atomic mass is 35.5. The Morgan fingerprint density at radius 1 is 1.00 bits per heavy atom. The SMILES string of the molecule is COc1ccc(Oc2ccc(NC=C3C(=O)OC(C)(C)OC3=O)cc2Cl)cc1. The molecule has 0 atom stereocenters. The molecule has 2 aromatic rings. The maximum Gasteiger partial charge on any atom is 0.350 e. The first kappa shape index (κ1) is 19.6. The lowest BCUT2D eigenvalue weighted by Crippen LogP contribution is -2.42. The number of carbonyl (C=O) groups excluding carboxylic acids is 2. The van der Waals surface area contributed by atoms with Gasteiger partial charge < -0.3 is 24.3 Å². The van der Waals surface area contributed by atoms with Gasteiger partial charge in [0.25, 0.3) is 5.79 Å². The topological polar surface area (TPSA) is 83.1 Å². The van der Waals surface area contributed by atoms with Crippen LogP contribution < -0.4 is 14.8 Å². The molecule has 1 saturated heterocycles. The predicted molar refractivity (Wildman–Crippen MR) is 102 cm³/mol. The molecule has 0 radical (unpaired) electrons. The molecule has 1 fully saturated rings. The first-order valence-corrected chi connectivity index (χ1v) is 8.70. The fourth-order valence-electron chi connectivity index (χ4n) is 2.38. The van der Waals surface area contributed by atoms with Crippen LogP contribution in [0.2, 0.25) is 5.02 Å². The molecule has 28 heavy (non-hydrogen) atoms. The van der Waals surface area contributed by atoms with Gasteiger partial charge in [-0.15, -0.1) is 0 Å². The number of carbonyl (C=O) groups is 2. The van der Waals surface area contributed by atoms with E-state index in [0.717, 1.165) is 0 Å². The maximum atomic E-state index is 11.9. The molecule has 0 aliphatic carbocycles. The number of hydrogen-bond acceptors (Lipinski definition) is 7. The predicted octanol–water partition coefficient (Wildman–Crippen LogP) is 4.27. The largest absolute Gasteiger partial charge is 0.497 e. The van der Waals surface area contributed by atoms with Crippen molar-refractivity contribution in [3.8, 4) is 17.2 Å². The molecule has 0 aromatic heterocycles. The van der Waals surface area contributed by atoms with E-state index < -0.39 is 17.7 Å². The van der Waals surface area contributed by atoms with E-state index in [9.17, 15) is 9.59 Å². The minimum atomic E-state index is -1.28. The molecule has 1 aliphatic rings. The summed E-state index contributed by atoms with van der Waals surface area (Å²) in [6.45, 7) is 2.96. The van der Waals surface area contributed by atoms with Crippen molar-refractivity contribution in [2.24, 2.45) is 0 Å². The number of esters is 2. The number of cyclic esters (lactones) is 2. The third kappa shape index (κ3) is 4.55. The van der Waals surface area contributed by atoms with Gasteiger partial charge in [-0.3, -0.25) is 0 Å². The normalized spacial score (nSPS) is 15.4. The Balaban J connectivity index is 1.70. The Hall–Kier alpha value is -3.19. The molecule has 3 rings (SSSR count). The van der Waals surface area contributed by atoms with Gasteiger partial charge in [-0.2, -0.15) is 0 Å². The lowest BCUT2D eigenvalue weighted by Gasteiger charge is -2.29. The molecular weight excluding hydrogens is 386 g/mol. The molecule has 146 valence electrons. The highest BCUT2D eigenvalue weighted by Gasteiger charge is 2.38. The molecule has 1 heterocycles. The lowest BCUT2D eigenvalue weighted by molar-refractivity contribution is -0.222.